The molecule has 2 aromatic rings. The number of amides is 2. The van der Waals surface area contributed by atoms with Crippen molar-refractivity contribution in [3.63, 3.8) is 0 Å². The topological polar surface area (TPSA) is 136 Å². The van der Waals surface area contributed by atoms with Crippen molar-refractivity contribution in [1.29, 1.82) is 5.26 Å². The number of likely N-dealkylation sites (tertiary alicyclic amines) is 1. The maximum absolute atomic E-state index is 13.1. The number of primary amides is 1. The van der Waals surface area contributed by atoms with Gasteiger partial charge in [-0.25, -0.2) is 9.18 Å². The van der Waals surface area contributed by atoms with Gasteiger partial charge in [0.05, 0.1) is 24.6 Å². The quantitative estimate of drug-likeness (QED) is 0.642. The van der Waals surface area contributed by atoms with Crippen LogP contribution in [-0.4, -0.2) is 60.1 Å². The van der Waals surface area contributed by atoms with Crippen molar-refractivity contribution in [2.24, 2.45) is 11.7 Å². The molecule has 164 valence electrons. The van der Waals surface area contributed by atoms with Crippen LogP contribution in [-0.2, 0) is 9.47 Å². The van der Waals surface area contributed by atoms with Crippen molar-refractivity contribution in [1.82, 2.24) is 14.7 Å². The van der Waals surface area contributed by atoms with E-state index in [2.05, 4.69) is 16.5 Å². The monoisotopic (exact) mass is 430 g/mol. The van der Waals surface area contributed by atoms with Gasteiger partial charge in [-0.1, -0.05) is 0 Å². The molecule has 10 nitrogen and oxygen atoms in total. The molecule has 1 aliphatic heterocycles. The van der Waals surface area contributed by atoms with E-state index in [0.717, 1.165) is 0 Å². The molecule has 1 fully saturated rings. The molecule has 1 aromatic heterocycles. The summed E-state index contributed by atoms with van der Waals surface area (Å²) < 4.78 is 24.6. The molecule has 11 heteroatoms. The second kappa shape index (κ2) is 9.90. The van der Waals surface area contributed by atoms with E-state index in [0.29, 0.717) is 18.7 Å². The van der Waals surface area contributed by atoms with Gasteiger partial charge in [-0.3, -0.25) is 9.48 Å². The fourth-order valence-corrected chi connectivity index (χ4v) is 3.36. The highest BCUT2D eigenvalue weighted by Gasteiger charge is 2.34. The fraction of sp³-hybridized carbons (Fsp3) is 0.400. The van der Waals surface area contributed by atoms with Crippen LogP contribution in [0.15, 0.2) is 30.5 Å². The summed E-state index contributed by atoms with van der Waals surface area (Å²) in [4.78, 5) is 25.5. The van der Waals surface area contributed by atoms with Crippen LogP contribution in [0.1, 0.15) is 22.8 Å². The number of nitrogens with two attached hydrogens (primary N) is 1. The minimum atomic E-state index is -0.691. The van der Waals surface area contributed by atoms with Crippen molar-refractivity contribution in [3.05, 3.63) is 41.8 Å². The standard InChI is InChI=1S/C20H23FN6O4/c1-30-8-9-31-20(29)26-7-6-17(13(10-22)11-26)27-12-16(18(23)28)19(25-27)24-15-4-2-14(21)3-5-15/h2-5,12-13,17H,6-9,11H2,1H3,(H2,23,28)(H,24,25)/t13-,17+/m1/s1. The molecular formula is C20H23FN6O4. The number of hydrogen-bond donors (Lipinski definition) is 2. The van der Waals surface area contributed by atoms with Gasteiger partial charge in [0.1, 0.15) is 18.0 Å². The first kappa shape index (κ1) is 22.0. The Morgan fingerprint density at radius 1 is 1.35 bits per heavy atom. The number of carbonyl (C=O) groups excluding carboxylic acids is 2. The lowest BCUT2D eigenvalue weighted by molar-refractivity contribution is 0.0568. The van der Waals surface area contributed by atoms with Crippen LogP contribution < -0.4 is 11.1 Å². The summed E-state index contributed by atoms with van der Waals surface area (Å²) in [6, 6.07) is 7.40. The first-order chi connectivity index (χ1) is 14.9. The fourth-order valence-electron chi connectivity index (χ4n) is 3.36. The third-order valence-electron chi connectivity index (χ3n) is 4.96. The van der Waals surface area contributed by atoms with Crippen molar-refractivity contribution in [2.75, 3.05) is 38.7 Å². The largest absolute Gasteiger partial charge is 0.447 e. The number of hydrogen-bond acceptors (Lipinski definition) is 7. The number of nitrogens with zero attached hydrogens (tertiary/aromatic N) is 4. The molecule has 3 N–H and O–H groups in total. The normalized spacial score (nSPS) is 18.3. The number of aromatic nitrogens is 2. The predicted molar refractivity (Wildman–Crippen MR) is 108 cm³/mol. The van der Waals surface area contributed by atoms with Gasteiger partial charge in [0.25, 0.3) is 5.91 Å². The summed E-state index contributed by atoms with van der Waals surface area (Å²) in [5.41, 5.74) is 6.15. The zero-order valence-electron chi connectivity index (χ0n) is 17.0. The minimum Gasteiger partial charge on any atom is -0.447 e. The maximum Gasteiger partial charge on any atom is 0.409 e. The summed E-state index contributed by atoms with van der Waals surface area (Å²) in [6.45, 7) is 0.948. The van der Waals surface area contributed by atoms with Crippen molar-refractivity contribution in [3.8, 4) is 6.07 Å². The number of rotatable bonds is 7. The van der Waals surface area contributed by atoms with Gasteiger partial charge >= 0.3 is 6.09 Å². The van der Waals surface area contributed by atoms with E-state index in [1.807, 2.05) is 0 Å². The highest BCUT2D eigenvalue weighted by molar-refractivity contribution is 5.98. The second-order valence-corrected chi connectivity index (χ2v) is 7.01. The van der Waals surface area contributed by atoms with Gasteiger partial charge in [-0.2, -0.15) is 10.4 Å². The number of benzene rings is 1. The smallest absolute Gasteiger partial charge is 0.409 e. The number of methoxy groups -OCH3 is 1. The van der Waals surface area contributed by atoms with E-state index in [1.165, 1.54) is 47.2 Å². The van der Waals surface area contributed by atoms with E-state index >= 15 is 0 Å². The summed E-state index contributed by atoms with van der Waals surface area (Å²) in [5.74, 6) is -1.45. The second-order valence-electron chi connectivity index (χ2n) is 7.01. The molecule has 1 aromatic carbocycles. The third-order valence-corrected chi connectivity index (χ3v) is 4.96. The van der Waals surface area contributed by atoms with Gasteiger partial charge in [0.2, 0.25) is 0 Å². The van der Waals surface area contributed by atoms with E-state index in [4.69, 9.17) is 15.2 Å². The molecule has 2 amide bonds. The average molecular weight is 430 g/mol. The number of anilines is 2. The molecule has 31 heavy (non-hydrogen) atoms. The number of nitrogens with one attached hydrogen (secondary N) is 1. The molecule has 0 spiro atoms. The van der Waals surface area contributed by atoms with Crippen LogP contribution in [0.5, 0.6) is 0 Å². The van der Waals surface area contributed by atoms with Gasteiger partial charge in [-0.05, 0) is 30.7 Å². The van der Waals surface area contributed by atoms with Crippen molar-refractivity contribution in [2.45, 2.75) is 12.5 Å². The Morgan fingerprint density at radius 2 is 2.10 bits per heavy atom. The Kier molecular flexibility index (Phi) is 7.04. The van der Waals surface area contributed by atoms with Crippen molar-refractivity contribution >= 4 is 23.5 Å². The molecule has 0 unspecified atom stereocenters. The number of piperidine rings is 1. The molecule has 1 saturated heterocycles. The Morgan fingerprint density at radius 3 is 2.74 bits per heavy atom. The van der Waals surface area contributed by atoms with Gasteiger partial charge < -0.3 is 25.4 Å². The minimum absolute atomic E-state index is 0.131. The maximum atomic E-state index is 13.1. The third kappa shape index (κ3) is 5.29. The number of carbonyl (C=O) groups is 2. The molecule has 2 heterocycles. The van der Waals surface area contributed by atoms with E-state index in [9.17, 15) is 19.2 Å². The first-order valence-electron chi connectivity index (χ1n) is 9.64. The molecular weight excluding hydrogens is 407 g/mol. The van der Waals surface area contributed by atoms with Crippen LogP contribution in [0.4, 0.5) is 20.7 Å². The predicted octanol–water partition coefficient (Wildman–Crippen LogP) is 2.03. The van der Waals surface area contributed by atoms with Crippen LogP contribution in [0.25, 0.3) is 0 Å². The molecule has 3 rings (SSSR count). The van der Waals surface area contributed by atoms with E-state index in [-0.39, 0.29) is 37.2 Å². The summed E-state index contributed by atoms with van der Waals surface area (Å²) in [6.07, 6.45) is 1.41. The molecule has 1 aliphatic rings. The van der Waals surface area contributed by atoms with Gasteiger partial charge in [0.15, 0.2) is 5.82 Å². The summed E-state index contributed by atoms with van der Waals surface area (Å²) >= 11 is 0. The Labute approximate surface area is 178 Å². The van der Waals surface area contributed by atoms with E-state index < -0.39 is 23.7 Å². The molecule has 0 bridgehead atoms. The number of nitriles is 1. The molecule has 2 atom stereocenters. The summed E-state index contributed by atoms with van der Waals surface area (Å²) in [7, 11) is 1.51. The first-order valence-corrected chi connectivity index (χ1v) is 9.64. The Hall–Kier alpha value is -3.65. The van der Waals surface area contributed by atoms with Crippen LogP contribution in [0.3, 0.4) is 0 Å². The average Bonchev–Trinajstić information content (AvgIpc) is 3.19. The molecule has 0 saturated carbocycles. The van der Waals surface area contributed by atoms with Crippen LogP contribution >= 0.6 is 0 Å². The SMILES string of the molecule is COCCOC(=O)N1CC[C@H](n2cc(C(N)=O)c(Nc3ccc(F)cc3)n2)[C@H](C#N)C1. The molecule has 0 aliphatic carbocycles. The Bertz CT molecular complexity index is 971. The van der Waals surface area contributed by atoms with Crippen LogP contribution in [0, 0.1) is 23.1 Å². The van der Waals surface area contributed by atoms with Gasteiger partial charge in [-0.15, -0.1) is 0 Å². The molecule has 0 radical (unpaired) electrons. The Balaban J connectivity index is 1.76. The van der Waals surface area contributed by atoms with Crippen LogP contribution in [0.2, 0.25) is 0 Å². The van der Waals surface area contributed by atoms with Gasteiger partial charge in [0, 0.05) is 32.1 Å². The lowest BCUT2D eigenvalue weighted by Gasteiger charge is -2.34. The van der Waals surface area contributed by atoms with E-state index in [1.54, 1.807) is 0 Å². The highest BCUT2D eigenvalue weighted by Crippen LogP contribution is 2.30. The highest BCUT2D eigenvalue weighted by atomic mass is 19.1. The zero-order chi connectivity index (χ0) is 22.4. The lowest BCUT2D eigenvalue weighted by Crippen LogP contribution is -2.44. The number of ether oxygens (including phenoxy) is 2. The zero-order valence-corrected chi connectivity index (χ0v) is 17.0. The number of halogens is 1. The lowest BCUT2D eigenvalue weighted by atomic mass is 9.94. The van der Waals surface area contributed by atoms with Crippen molar-refractivity contribution < 1.29 is 23.5 Å². The summed E-state index contributed by atoms with van der Waals surface area (Å²) in [5, 5.41) is 17.0.